The molecule has 0 unspecified atom stereocenters. The van der Waals surface area contributed by atoms with Crippen LogP contribution in [0.2, 0.25) is 0 Å². The summed E-state index contributed by atoms with van der Waals surface area (Å²) in [5, 5.41) is 4.66. The average Bonchev–Trinajstić information content (AvgIpc) is 2.91. The van der Waals surface area contributed by atoms with E-state index >= 15 is 0 Å². The maximum Gasteiger partial charge on any atom is 0.322 e. The van der Waals surface area contributed by atoms with Crippen molar-refractivity contribution in [1.82, 2.24) is 15.6 Å². The Morgan fingerprint density at radius 2 is 2.11 bits per heavy atom. The highest BCUT2D eigenvalue weighted by Crippen LogP contribution is 1.98. The van der Waals surface area contributed by atoms with Crippen LogP contribution in [0.5, 0.6) is 0 Å². The lowest BCUT2D eigenvalue weighted by Gasteiger charge is -2.04. The van der Waals surface area contributed by atoms with Crippen LogP contribution >= 0.6 is 0 Å². The number of nitrogens with zero attached hydrogens (tertiary/aromatic N) is 1. The van der Waals surface area contributed by atoms with Gasteiger partial charge in [-0.1, -0.05) is 6.07 Å². The molecule has 0 saturated carbocycles. The lowest BCUT2D eigenvalue weighted by Crippen LogP contribution is -2.39. The van der Waals surface area contributed by atoms with Crippen molar-refractivity contribution in [3.8, 4) is 0 Å². The van der Waals surface area contributed by atoms with Crippen molar-refractivity contribution in [3.05, 3.63) is 54.2 Å². The molecule has 6 heteroatoms. The molecule has 0 aliphatic carbocycles. The second kappa shape index (κ2) is 5.62. The molecule has 0 radical (unpaired) electrons. The molecule has 3 amide bonds. The van der Waals surface area contributed by atoms with Crippen molar-refractivity contribution in [3.63, 3.8) is 0 Å². The van der Waals surface area contributed by atoms with E-state index in [0.717, 1.165) is 0 Å². The first-order valence-corrected chi connectivity index (χ1v) is 5.28. The number of amides is 3. The second-order valence-corrected chi connectivity index (χ2v) is 3.44. The monoisotopic (exact) mass is 245 g/mol. The third-order valence-electron chi connectivity index (χ3n) is 2.13. The number of urea groups is 1. The molecule has 0 atom stereocenters. The molecule has 0 saturated heterocycles. The zero-order valence-corrected chi connectivity index (χ0v) is 9.42. The first-order chi connectivity index (χ1) is 8.75. The topological polar surface area (TPSA) is 84.2 Å². The quantitative estimate of drug-likeness (QED) is 0.854. The van der Waals surface area contributed by atoms with E-state index in [0.29, 0.717) is 5.69 Å². The number of hydrogen-bond donors (Lipinski definition) is 2. The predicted molar refractivity (Wildman–Crippen MR) is 62.6 cm³/mol. The van der Waals surface area contributed by atoms with Crippen molar-refractivity contribution in [2.75, 3.05) is 0 Å². The summed E-state index contributed by atoms with van der Waals surface area (Å²) in [5.74, 6) is -0.499. The number of furan rings is 1. The molecule has 0 aliphatic heterocycles. The summed E-state index contributed by atoms with van der Waals surface area (Å²) in [4.78, 5) is 26.9. The number of carbonyl (C=O) groups is 2. The number of imide groups is 1. The van der Waals surface area contributed by atoms with E-state index in [1.165, 1.54) is 12.3 Å². The number of aromatic nitrogens is 1. The first kappa shape index (κ1) is 11.8. The van der Waals surface area contributed by atoms with Crippen molar-refractivity contribution >= 4 is 11.9 Å². The largest absolute Gasteiger partial charge is 0.459 e. The fourth-order valence-corrected chi connectivity index (χ4v) is 1.29. The minimum atomic E-state index is -0.595. The molecular weight excluding hydrogens is 234 g/mol. The van der Waals surface area contributed by atoms with E-state index in [-0.39, 0.29) is 12.3 Å². The Kier molecular flexibility index (Phi) is 3.70. The van der Waals surface area contributed by atoms with Crippen LogP contribution in [0.4, 0.5) is 4.79 Å². The third-order valence-corrected chi connectivity index (χ3v) is 2.13. The van der Waals surface area contributed by atoms with Gasteiger partial charge in [-0.3, -0.25) is 15.1 Å². The van der Waals surface area contributed by atoms with Gasteiger partial charge in [0, 0.05) is 6.20 Å². The summed E-state index contributed by atoms with van der Waals surface area (Å²) >= 11 is 0. The zero-order valence-electron chi connectivity index (χ0n) is 9.42. The minimum absolute atomic E-state index is 0.0861. The van der Waals surface area contributed by atoms with Crippen LogP contribution in [0.15, 0.2) is 47.2 Å². The molecule has 0 aliphatic rings. The summed E-state index contributed by atoms with van der Waals surface area (Å²) < 4.78 is 4.85. The van der Waals surface area contributed by atoms with Crippen LogP contribution in [0.25, 0.3) is 0 Å². The fraction of sp³-hybridized carbons (Fsp3) is 0.0833. The van der Waals surface area contributed by atoms with Crippen LogP contribution in [0.1, 0.15) is 16.2 Å². The van der Waals surface area contributed by atoms with Gasteiger partial charge in [0.1, 0.15) is 0 Å². The lowest BCUT2D eigenvalue weighted by molar-refractivity contribution is 0.0936. The number of rotatable bonds is 3. The van der Waals surface area contributed by atoms with E-state index in [1.807, 2.05) is 6.07 Å². The maximum atomic E-state index is 11.4. The van der Waals surface area contributed by atoms with Gasteiger partial charge >= 0.3 is 6.03 Å². The van der Waals surface area contributed by atoms with Crippen molar-refractivity contribution in [2.24, 2.45) is 0 Å². The Morgan fingerprint density at radius 1 is 1.22 bits per heavy atom. The molecule has 2 aromatic rings. The average molecular weight is 245 g/mol. The molecule has 0 bridgehead atoms. The highest BCUT2D eigenvalue weighted by Gasteiger charge is 2.11. The number of hydrogen-bond acceptors (Lipinski definition) is 4. The van der Waals surface area contributed by atoms with E-state index in [4.69, 9.17) is 4.42 Å². The Bertz CT molecular complexity index is 523. The zero-order chi connectivity index (χ0) is 12.8. The van der Waals surface area contributed by atoms with E-state index < -0.39 is 11.9 Å². The number of pyridine rings is 1. The van der Waals surface area contributed by atoms with Crippen LogP contribution in [-0.2, 0) is 6.54 Å². The van der Waals surface area contributed by atoms with Gasteiger partial charge < -0.3 is 9.73 Å². The molecule has 6 nitrogen and oxygen atoms in total. The standard InChI is InChI=1S/C12H11N3O3/c16-11(10-5-3-7-18-10)15-12(17)14-8-9-4-1-2-6-13-9/h1-7H,8H2,(H2,14,15,16,17). The van der Waals surface area contributed by atoms with Crippen molar-refractivity contribution in [1.29, 1.82) is 0 Å². The molecule has 18 heavy (non-hydrogen) atoms. The summed E-state index contributed by atoms with van der Waals surface area (Å²) in [6.45, 7) is 0.248. The van der Waals surface area contributed by atoms with Crippen molar-refractivity contribution in [2.45, 2.75) is 6.54 Å². The van der Waals surface area contributed by atoms with Crippen LogP contribution < -0.4 is 10.6 Å². The minimum Gasteiger partial charge on any atom is -0.459 e. The molecule has 2 N–H and O–H groups in total. The highest BCUT2D eigenvalue weighted by atomic mass is 16.3. The molecular formula is C12H11N3O3. The molecule has 2 rings (SSSR count). The van der Waals surface area contributed by atoms with E-state index in [9.17, 15) is 9.59 Å². The van der Waals surface area contributed by atoms with E-state index in [1.54, 1.807) is 24.4 Å². The van der Waals surface area contributed by atoms with Crippen molar-refractivity contribution < 1.29 is 14.0 Å². The van der Waals surface area contributed by atoms with Gasteiger partial charge in [0.25, 0.3) is 5.91 Å². The molecule has 0 spiro atoms. The van der Waals surface area contributed by atoms with Gasteiger partial charge in [0.15, 0.2) is 5.76 Å². The van der Waals surface area contributed by atoms with Crippen LogP contribution in [0.3, 0.4) is 0 Å². The Morgan fingerprint density at radius 3 is 2.78 bits per heavy atom. The highest BCUT2D eigenvalue weighted by molar-refractivity contribution is 6.02. The maximum absolute atomic E-state index is 11.4. The fourth-order valence-electron chi connectivity index (χ4n) is 1.29. The molecule has 2 aromatic heterocycles. The van der Waals surface area contributed by atoms with E-state index in [2.05, 4.69) is 15.6 Å². The van der Waals surface area contributed by atoms with Gasteiger partial charge in [0.2, 0.25) is 0 Å². The summed E-state index contributed by atoms with van der Waals surface area (Å²) in [5.41, 5.74) is 0.707. The van der Waals surface area contributed by atoms with Gasteiger partial charge in [-0.05, 0) is 24.3 Å². The van der Waals surface area contributed by atoms with Gasteiger partial charge in [-0.25, -0.2) is 4.79 Å². The molecule has 0 aromatic carbocycles. The molecule has 92 valence electrons. The number of carbonyl (C=O) groups excluding carboxylic acids is 2. The Balaban J connectivity index is 1.81. The smallest absolute Gasteiger partial charge is 0.322 e. The summed E-state index contributed by atoms with van der Waals surface area (Å²) in [7, 11) is 0. The molecule has 0 fully saturated rings. The SMILES string of the molecule is O=C(NCc1ccccn1)NC(=O)c1ccco1. The first-order valence-electron chi connectivity index (χ1n) is 5.28. The Labute approximate surface area is 103 Å². The van der Waals surface area contributed by atoms with Crippen LogP contribution in [-0.4, -0.2) is 16.9 Å². The molecule has 2 heterocycles. The predicted octanol–water partition coefficient (Wildman–Crippen LogP) is 1.31. The summed E-state index contributed by atoms with van der Waals surface area (Å²) in [6, 6.07) is 7.82. The Hall–Kier alpha value is -2.63. The van der Waals surface area contributed by atoms with Gasteiger partial charge in [0.05, 0.1) is 18.5 Å². The third kappa shape index (κ3) is 3.18. The van der Waals surface area contributed by atoms with Crippen LogP contribution in [0, 0.1) is 0 Å². The normalized spacial score (nSPS) is 9.78. The lowest BCUT2D eigenvalue weighted by atomic mass is 10.3. The van der Waals surface area contributed by atoms with Gasteiger partial charge in [-0.2, -0.15) is 0 Å². The second-order valence-electron chi connectivity index (χ2n) is 3.44. The van der Waals surface area contributed by atoms with Gasteiger partial charge in [-0.15, -0.1) is 0 Å². The number of nitrogens with one attached hydrogen (secondary N) is 2. The summed E-state index contributed by atoms with van der Waals surface area (Å²) in [6.07, 6.45) is 2.99.